The number of phenols is 6. The van der Waals surface area contributed by atoms with E-state index in [-0.39, 0.29) is 5.56 Å². The number of aromatic hydroxyl groups is 6. The van der Waals surface area contributed by atoms with Crippen LogP contribution in [0.15, 0.2) is 72.8 Å². The molecule has 0 saturated carbocycles. The molecule has 6 nitrogen and oxygen atoms in total. The van der Waals surface area contributed by atoms with Crippen LogP contribution in [0.5, 0.6) is 34.5 Å². The average molecular weight is 414 g/mol. The molecule has 0 aromatic heterocycles. The molecule has 1 aliphatic carbocycles. The van der Waals surface area contributed by atoms with Gasteiger partial charge >= 0.3 is 0 Å². The standard InChI is InChI=1S/C25H18O6/c26-19-10-9-18(22(29)24(19)31)25(13-11-20(27)23(30)21(28)12-13)16-7-3-1-5-14(16)15-6-2-4-8-17(15)25/h1-12,26-31H. The van der Waals surface area contributed by atoms with Gasteiger partial charge in [-0.25, -0.2) is 0 Å². The first-order chi connectivity index (χ1) is 14.9. The van der Waals surface area contributed by atoms with Crippen molar-refractivity contribution >= 4 is 0 Å². The van der Waals surface area contributed by atoms with Crippen LogP contribution >= 0.6 is 0 Å². The van der Waals surface area contributed by atoms with Gasteiger partial charge in [0.1, 0.15) is 0 Å². The van der Waals surface area contributed by atoms with Crippen LogP contribution in [-0.2, 0) is 5.41 Å². The topological polar surface area (TPSA) is 121 Å². The van der Waals surface area contributed by atoms with E-state index >= 15 is 0 Å². The molecule has 0 heterocycles. The summed E-state index contributed by atoms with van der Waals surface area (Å²) in [4.78, 5) is 0. The van der Waals surface area contributed by atoms with Crippen molar-refractivity contribution in [3.8, 4) is 45.6 Å². The fourth-order valence-corrected chi connectivity index (χ4v) is 4.68. The highest BCUT2D eigenvalue weighted by molar-refractivity contribution is 5.87. The predicted molar refractivity (Wildman–Crippen MR) is 114 cm³/mol. The summed E-state index contributed by atoms with van der Waals surface area (Å²) in [7, 11) is 0. The zero-order valence-corrected chi connectivity index (χ0v) is 16.1. The highest BCUT2D eigenvalue weighted by Crippen LogP contribution is 2.60. The van der Waals surface area contributed by atoms with Crippen molar-refractivity contribution < 1.29 is 30.6 Å². The summed E-state index contributed by atoms with van der Waals surface area (Å²) in [5.41, 5.74) is 2.56. The fraction of sp³-hybridized carbons (Fsp3) is 0.0400. The molecule has 0 atom stereocenters. The minimum atomic E-state index is -1.26. The van der Waals surface area contributed by atoms with Gasteiger partial charge in [0.25, 0.3) is 0 Å². The number of hydrogen-bond donors (Lipinski definition) is 6. The summed E-state index contributed by atoms with van der Waals surface area (Å²) < 4.78 is 0. The third-order valence-electron chi connectivity index (χ3n) is 5.99. The molecule has 0 fully saturated rings. The SMILES string of the molecule is Oc1cc(C2(c3ccc(O)c(O)c3O)c3ccccc3-c3ccccc32)cc(O)c1O. The monoisotopic (exact) mass is 414 g/mol. The Morgan fingerprint density at radius 1 is 0.452 bits per heavy atom. The lowest BCUT2D eigenvalue weighted by Gasteiger charge is -2.34. The van der Waals surface area contributed by atoms with Crippen molar-refractivity contribution in [2.24, 2.45) is 0 Å². The molecule has 1 aliphatic rings. The fourth-order valence-electron chi connectivity index (χ4n) is 4.68. The summed E-state index contributed by atoms with van der Waals surface area (Å²) in [6.07, 6.45) is 0. The number of fused-ring (bicyclic) bond motifs is 3. The Bertz CT molecular complexity index is 1290. The van der Waals surface area contributed by atoms with Gasteiger partial charge < -0.3 is 30.6 Å². The van der Waals surface area contributed by atoms with Crippen molar-refractivity contribution in [1.82, 2.24) is 0 Å². The molecule has 4 aromatic rings. The zero-order chi connectivity index (χ0) is 21.9. The molecule has 0 unspecified atom stereocenters. The largest absolute Gasteiger partial charge is 0.504 e. The van der Waals surface area contributed by atoms with E-state index in [0.717, 1.165) is 22.3 Å². The Morgan fingerprint density at radius 3 is 1.52 bits per heavy atom. The first kappa shape index (κ1) is 18.7. The molecule has 0 spiro atoms. The highest BCUT2D eigenvalue weighted by Gasteiger charge is 2.48. The van der Waals surface area contributed by atoms with E-state index < -0.39 is 39.9 Å². The van der Waals surface area contributed by atoms with Crippen molar-refractivity contribution in [3.05, 3.63) is 95.1 Å². The van der Waals surface area contributed by atoms with Crippen LogP contribution < -0.4 is 0 Å². The maximum absolute atomic E-state index is 10.9. The Hall–Kier alpha value is -4.32. The van der Waals surface area contributed by atoms with Crippen LogP contribution in [0, 0.1) is 0 Å². The zero-order valence-electron chi connectivity index (χ0n) is 16.1. The van der Waals surface area contributed by atoms with Gasteiger partial charge in [0.05, 0.1) is 5.41 Å². The molecular formula is C25H18O6. The second kappa shape index (κ2) is 6.34. The third-order valence-corrected chi connectivity index (χ3v) is 5.99. The summed E-state index contributed by atoms with van der Waals surface area (Å²) in [6.45, 7) is 0. The molecule has 6 heteroatoms. The molecule has 0 amide bonds. The van der Waals surface area contributed by atoms with Crippen molar-refractivity contribution in [3.63, 3.8) is 0 Å². The first-order valence-electron chi connectivity index (χ1n) is 9.56. The van der Waals surface area contributed by atoms with Gasteiger partial charge in [-0.3, -0.25) is 0 Å². The summed E-state index contributed by atoms with van der Waals surface area (Å²) in [6, 6.07) is 20.4. The normalized spacial score (nSPS) is 13.5. The average Bonchev–Trinajstić information content (AvgIpc) is 3.07. The lowest BCUT2D eigenvalue weighted by Crippen LogP contribution is -2.28. The van der Waals surface area contributed by atoms with E-state index in [1.807, 2.05) is 48.5 Å². The number of benzene rings is 4. The van der Waals surface area contributed by atoms with E-state index in [0.29, 0.717) is 5.56 Å². The van der Waals surface area contributed by atoms with Gasteiger partial charge in [0.15, 0.2) is 28.7 Å². The number of rotatable bonds is 2. The molecule has 0 saturated heterocycles. The Morgan fingerprint density at radius 2 is 0.968 bits per heavy atom. The van der Waals surface area contributed by atoms with Crippen LogP contribution in [0.1, 0.15) is 22.3 Å². The van der Waals surface area contributed by atoms with Gasteiger partial charge in [-0.15, -0.1) is 0 Å². The van der Waals surface area contributed by atoms with Crippen molar-refractivity contribution in [1.29, 1.82) is 0 Å². The Labute approximate surface area is 177 Å². The molecule has 4 aromatic carbocycles. The highest BCUT2D eigenvalue weighted by atomic mass is 16.3. The lowest BCUT2D eigenvalue weighted by molar-refractivity contribution is 0.361. The van der Waals surface area contributed by atoms with Crippen molar-refractivity contribution in [2.75, 3.05) is 0 Å². The molecule has 6 N–H and O–H groups in total. The number of phenolic OH excluding ortho intramolecular Hbond substituents is 6. The lowest BCUT2D eigenvalue weighted by atomic mass is 9.67. The van der Waals surface area contributed by atoms with Gasteiger partial charge in [0.2, 0.25) is 5.75 Å². The third kappa shape index (κ3) is 2.33. The van der Waals surface area contributed by atoms with Crippen LogP contribution in [0.3, 0.4) is 0 Å². The van der Waals surface area contributed by atoms with Crippen LogP contribution in [0.4, 0.5) is 0 Å². The molecule has 154 valence electrons. The molecule has 0 radical (unpaired) electrons. The molecule has 5 rings (SSSR count). The Balaban J connectivity index is 2.02. The predicted octanol–water partition coefficient (Wildman–Crippen LogP) is 4.28. The van der Waals surface area contributed by atoms with Crippen molar-refractivity contribution in [2.45, 2.75) is 5.41 Å². The van der Waals surface area contributed by atoms with Crippen LogP contribution in [-0.4, -0.2) is 30.6 Å². The smallest absolute Gasteiger partial charge is 0.200 e. The molecule has 0 aliphatic heterocycles. The van der Waals surface area contributed by atoms with Gasteiger partial charge in [0, 0.05) is 5.56 Å². The Kier molecular flexibility index (Phi) is 3.82. The van der Waals surface area contributed by atoms with E-state index in [9.17, 15) is 30.6 Å². The molecular weight excluding hydrogens is 396 g/mol. The molecule has 0 bridgehead atoms. The van der Waals surface area contributed by atoms with E-state index in [1.54, 1.807) is 0 Å². The summed E-state index contributed by atoms with van der Waals surface area (Å²) in [5.74, 6) is -3.40. The summed E-state index contributed by atoms with van der Waals surface area (Å²) in [5, 5.41) is 61.7. The van der Waals surface area contributed by atoms with Crippen LogP contribution in [0.25, 0.3) is 11.1 Å². The second-order valence-electron chi connectivity index (χ2n) is 7.53. The van der Waals surface area contributed by atoms with Gasteiger partial charge in [-0.2, -0.15) is 0 Å². The van der Waals surface area contributed by atoms with E-state index in [2.05, 4.69) is 0 Å². The van der Waals surface area contributed by atoms with E-state index in [1.165, 1.54) is 24.3 Å². The second-order valence-corrected chi connectivity index (χ2v) is 7.53. The van der Waals surface area contributed by atoms with Gasteiger partial charge in [-0.1, -0.05) is 48.5 Å². The molecule has 31 heavy (non-hydrogen) atoms. The van der Waals surface area contributed by atoms with Gasteiger partial charge in [-0.05, 0) is 52.1 Å². The van der Waals surface area contributed by atoms with E-state index in [4.69, 9.17) is 0 Å². The maximum Gasteiger partial charge on any atom is 0.200 e. The quantitative estimate of drug-likeness (QED) is 0.240. The maximum atomic E-state index is 10.9. The minimum Gasteiger partial charge on any atom is -0.504 e. The summed E-state index contributed by atoms with van der Waals surface area (Å²) >= 11 is 0. The van der Waals surface area contributed by atoms with Crippen LogP contribution in [0.2, 0.25) is 0 Å². The first-order valence-corrected chi connectivity index (χ1v) is 9.56. The number of hydrogen-bond acceptors (Lipinski definition) is 6. The minimum absolute atomic E-state index is 0.240.